The molecule has 2 rings (SSSR count). The summed E-state index contributed by atoms with van der Waals surface area (Å²) in [6, 6.07) is 8.05. The molecule has 0 bridgehead atoms. The molecule has 0 aliphatic carbocycles. The van der Waals surface area contributed by atoms with E-state index < -0.39 is 10.3 Å². The van der Waals surface area contributed by atoms with Gasteiger partial charge in [-0.3, -0.25) is 0 Å². The Morgan fingerprint density at radius 1 is 1.29 bits per heavy atom. The van der Waals surface area contributed by atoms with Crippen LogP contribution in [0, 0.1) is 0 Å². The Morgan fingerprint density at radius 2 is 1.93 bits per heavy atom. The summed E-state index contributed by atoms with van der Waals surface area (Å²) >= 11 is 11.1. The molecular weight excluding hydrogens is 541 g/mol. The Hall–Kier alpha value is 1.17. The van der Waals surface area contributed by atoms with Gasteiger partial charge in [0.1, 0.15) is 0 Å². The van der Waals surface area contributed by atoms with Crippen LogP contribution in [0.25, 0.3) is 5.03 Å². The molecule has 1 heterocycles. The molecule has 1 aromatic rings. The number of fused-ring (bicyclic) bond motifs is 1. The van der Waals surface area contributed by atoms with Gasteiger partial charge in [0, 0.05) is 0 Å². The zero-order valence-corrected chi connectivity index (χ0v) is 14.2. The SMILES string of the molecule is O=CC1=C(Cl)c2ccccc2[Te]1(I)I. The molecule has 1 aliphatic heterocycles. The number of hydrogen-bond acceptors (Lipinski definition) is 1. The van der Waals surface area contributed by atoms with E-state index in [9.17, 15) is 4.79 Å². The van der Waals surface area contributed by atoms with Crippen LogP contribution in [0.1, 0.15) is 5.56 Å². The van der Waals surface area contributed by atoms with E-state index >= 15 is 0 Å². The Bertz CT molecular complexity index is 442. The van der Waals surface area contributed by atoms with Crippen molar-refractivity contribution in [2.45, 2.75) is 0 Å². The van der Waals surface area contributed by atoms with Crippen LogP contribution in [0.3, 0.4) is 0 Å². The number of carbonyl (C=O) groups is 1. The van der Waals surface area contributed by atoms with Crippen molar-refractivity contribution in [3.8, 4) is 0 Å². The van der Waals surface area contributed by atoms with E-state index in [1.165, 1.54) is 3.61 Å². The average molecular weight is 546 g/mol. The van der Waals surface area contributed by atoms with Crippen molar-refractivity contribution in [3.63, 3.8) is 0 Å². The number of aldehydes is 1. The molecule has 1 aromatic carbocycles. The summed E-state index contributed by atoms with van der Waals surface area (Å²) in [5.74, 6) is 0. The first-order chi connectivity index (χ1) is 6.59. The van der Waals surface area contributed by atoms with Crippen LogP contribution in [-0.2, 0) is 4.79 Å². The fraction of sp³-hybridized carbons (Fsp3) is 0. The van der Waals surface area contributed by atoms with Gasteiger partial charge in [0.2, 0.25) is 0 Å². The minimum atomic E-state index is -2.39. The van der Waals surface area contributed by atoms with Gasteiger partial charge in [0.25, 0.3) is 0 Å². The van der Waals surface area contributed by atoms with Crippen molar-refractivity contribution in [1.29, 1.82) is 0 Å². The van der Waals surface area contributed by atoms with Crippen LogP contribution in [-0.4, -0.2) is 16.6 Å². The Morgan fingerprint density at radius 3 is 2.50 bits per heavy atom. The van der Waals surface area contributed by atoms with Gasteiger partial charge in [-0.25, -0.2) is 0 Å². The van der Waals surface area contributed by atoms with Gasteiger partial charge in [0.05, 0.1) is 0 Å². The van der Waals surface area contributed by atoms with Gasteiger partial charge < -0.3 is 0 Å². The standard InChI is InChI=1S/C9H5ClI2OTe/c10-9-6-3-1-2-4-7(6)14(11,12)8(9)5-13/h1-5H. The average Bonchev–Trinajstić information content (AvgIpc) is 2.36. The molecule has 0 amide bonds. The quantitative estimate of drug-likeness (QED) is 0.301. The van der Waals surface area contributed by atoms with Crippen LogP contribution in [0.2, 0.25) is 0 Å². The summed E-state index contributed by atoms with van der Waals surface area (Å²) in [6.45, 7) is 0. The first kappa shape index (κ1) is 11.6. The van der Waals surface area contributed by atoms with Gasteiger partial charge in [-0.1, -0.05) is 0 Å². The van der Waals surface area contributed by atoms with E-state index in [1.807, 2.05) is 18.2 Å². The van der Waals surface area contributed by atoms with E-state index in [0.29, 0.717) is 5.03 Å². The molecule has 0 saturated carbocycles. The molecule has 14 heavy (non-hydrogen) atoms. The summed E-state index contributed by atoms with van der Waals surface area (Å²) in [5.41, 5.74) is 1.06. The van der Waals surface area contributed by atoms with Gasteiger partial charge in [-0.15, -0.1) is 0 Å². The molecule has 0 N–H and O–H groups in total. The Labute approximate surface area is 111 Å². The summed E-state index contributed by atoms with van der Waals surface area (Å²) < 4.78 is 2.14. The van der Waals surface area contributed by atoms with Gasteiger partial charge in [-0.2, -0.15) is 0 Å². The maximum absolute atomic E-state index is 11.0. The van der Waals surface area contributed by atoms with Crippen LogP contribution < -0.4 is 3.61 Å². The zero-order valence-electron chi connectivity index (χ0n) is 6.84. The number of rotatable bonds is 1. The van der Waals surface area contributed by atoms with Crippen LogP contribution >= 0.6 is 49.0 Å². The second-order valence-corrected chi connectivity index (χ2v) is 37.4. The summed E-state index contributed by atoms with van der Waals surface area (Å²) in [4.78, 5) is 11.0. The number of carbonyl (C=O) groups excluding carboxylic acids is 1. The van der Waals surface area contributed by atoms with Crippen molar-refractivity contribution in [1.82, 2.24) is 0 Å². The fourth-order valence-corrected chi connectivity index (χ4v) is 17.7. The molecule has 0 saturated heterocycles. The van der Waals surface area contributed by atoms with Crippen molar-refractivity contribution >= 4 is 74.2 Å². The van der Waals surface area contributed by atoms with Crippen LogP contribution in [0.4, 0.5) is 0 Å². The van der Waals surface area contributed by atoms with Crippen LogP contribution in [0.5, 0.6) is 0 Å². The van der Waals surface area contributed by atoms with Gasteiger partial charge in [-0.05, 0) is 0 Å². The summed E-state index contributed by atoms with van der Waals surface area (Å²) in [6.07, 6.45) is 0.933. The van der Waals surface area contributed by atoms with Crippen molar-refractivity contribution < 1.29 is 4.79 Å². The van der Waals surface area contributed by atoms with E-state index in [2.05, 4.69) is 43.5 Å². The van der Waals surface area contributed by atoms with E-state index in [1.54, 1.807) is 0 Å². The van der Waals surface area contributed by atoms with Crippen molar-refractivity contribution in [2.24, 2.45) is 0 Å². The Kier molecular flexibility index (Phi) is 3.50. The van der Waals surface area contributed by atoms with Crippen LogP contribution in [0.15, 0.2) is 27.9 Å². The van der Waals surface area contributed by atoms with Gasteiger partial charge >= 0.3 is 112 Å². The fourth-order valence-electron chi connectivity index (χ4n) is 1.35. The molecule has 0 fully saturated rings. The van der Waals surface area contributed by atoms with E-state index in [-0.39, 0.29) is 0 Å². The molecule has 0 spiro atoms. The normalized spacial score (nSPS) is 20.5. The monoisotopic (exact) mass is 548 g/mol. The second kappa shape index (κ2) is 4.21. The molecule has 5 heteroatoms. The molecule has 74 valence electrons. The number of allylic oxidation sites excluding steroid dienone is 1. The molecule has 1 aliphatic rings. The number of halogens is 3. The maximum atomic E-state index is 11.0. The third-order valence-corrected chi connectivity index (χ3v) is 20.5. The number of benzene rings is 1. The molecule has 0 unspecified atom stereocenters. The zero-order chi connectivity index (χ0) is 10.3. The first-order valence-electron chi connectivity index (χ1n) is 3.76. The predicted molar refractivity (Wildman–Crippen MR) is 78.7 cm³/mol. The number of hydrogen-bond donors (Lipinski definition) is 0. The van der Waals surface area contributed by atoms with Crippen molar-refractivity contribution in [3.05, 3.63) is 33.4 Å². The first-order valence-corrected chi connectivity index (χ1v) is 20.0. The molecule has 0 radical (unpaired) electrons. The molecular formula is C9H5ClI2OTe. The minimum absolute atomic E-state index is 0.667. The molecule has 0 aromatic heterocycles. The second-order valence-electron chi connectivity index (χ2n) is 2.76. The van der Waals surface area contributed by atoms with E-state index in [4.69, 9.17) is 11.6 Å². The van der Waals surface area contributed by atoms with E-state index in [0.717, 1.165) is 15.5 Å². The summed E-state index contributed by atoms with van der Waals surface area (Å²) in [7, 11) is -2.39. The molecule has 0 atom stereocenters. The van der Waals surface area contributed by atoms with Gasteiger partial charge in [0.15, 0.2) is 0 Å². The summed E-state index contributed by atoms with van der Waals surface area (Å²) in [5, 5.41) is 0.667. The third-order valence-electron chi connectivity index (χ3n) is 2.00. The third kappa shape index (κ3) is 1.67. The molecule has 1 nitrogen and oxygen atoms in total. The Balaban J connectivity index is 2.74. The van der Waals surface area contributed by atoms with Crippen molar-refractivity contribution in [2.75, 3.05) is 0 Å². The predicted octanol–water partition coefficient (Wildman–Crippen LogP) is 2.91. The topological polar surface area (TPSA) is 17.1 Å².